The predicted molar refractivity (Wildman–Crippen MR) is 63.8 cm³/mol. The largest absolute Gasteiger partial charge is 0.392 e. The van der Waals surface area contributed by atoms with Crippen LogP contribution in [0.4, 0.5) is 4.79 Å². The van der Waals surface area contributed by atoms with E-state index in [2.05, 4.69) is 17.2 Å². The molecule has 0 aromatic carbocycles. The molecule has 0 bridgehead atoms. The molecule has 0 aromatic rings. The summed E-state index contributed by atoms with van der Waals surface area (Å²) in [5.41, 5.74) is 2.82. The van der Waals surface area contributed by atoms with Gasteiger partial charge >= 0.3 is 6.03 Å². The summed E-state index contributed by atoms with van der Waals surface area (Å²) >= 11 is 0. The van der Waals surface area contributed by atoms with Gasteiger partial charge in [-0.1, -0.05) is 18.2 Å². The summed E-state index contributed by atoms with van der Waals surface area (Å²) in [7, 11) is 1.56. The molecule has 16 heavy (non-hydrogen) atoms. The number of carbonyl (C=O) groups is 1. The molecule has 4 nitrogen and oxygen atoms in total. The fraction of sp³-hybridized carbons (Fsp3) is 0.417. The van der Waals surface area contributed by atoms with Crippen molar-refractivity contribution in [2.75, 3.05) is 7.05 Å². The number of allylic oxidation sites excluding steroid dienone is 3. The second-order valence-corrected chi connectivity index (χ2v) is 3.84. The zero-order valence-electron chi connectivity index (χ0n) is 9.71. The van der Waals surface area contributed by atoms with Crippen LogP contribution in [0.5, 0.6) is 0 Å². The Labute approximate surface area is 95.7 Å². The van der Waals surface area contributed by atoms with Gasteiger partial charge in [0.2, 0.25) is 0 Å². The van der Waals surface area contributed by atoms with Crippen LogP contribution in [0.3, 0.4) is 0 Å². The van der Waals surface area contributed by atoms with E-state index in [9.17, 15) is 9.90 Å². The number of hydrogen-bond acceptors (Lipinski definition) is 2. The number of carbonyl (C=O) groups excluding carboxylic acids is 1. The van der Waals surface area contributed by atoms with Crippen molar-refractivity contribution in [3.63, 3.8) is 0 Å². The molecular formula is C12H18N2O2. The van der Waals surface area contributed by atoms with Crippen LogP contribution in [0.1, 0.15) is 19.8 Å². The monoisotopic (exact) mass is 222 g/mol. The molecule has 1 atom stereocenters. The van der Waals surface area contributed by atoms with Gasteiger partial charge in [-0.2, -0.15) is 0 Å². The summed E-state index contributed by atoms with van der Waals surface area (Å²) in [4.78, 5) is 11.3. The molecule has 0 saturated heterocycles. The third kappa shape index (κ3) is 2.97. The predicted octanol–water partition coefficient (Wildman–Crippen LogP) is 1.46. The average molecular weight is 222 g/mol. The molecule has 1 rings (SSSR count). The highest BCUT2D eigenvalue weighted by atomic mass is 16.3. The minimum Gasteiger partial charge on any atom is -0.392 e. The summed E-state index contributed by atoms with van der Waals surface area (Å²) in [6, 6.07) is -0.269. The molecule has 1 unspecified atom stereocenters. The van der Waals surface area contributed by atoms with Gasteiger partial charge in [0.05, 0.1) is 6.10 Å². The van der Waals surface area contributed by atoms with Crippen molar-refractivity contribution in [2.24, 2.45) is 0 Å². The molecule has 0 spiro atoms. The molecule has 2 amide bonds. The Balaban J connectivity index is 2.87. The van der Waals surface area contributed by atoms with E-state index >= 15 is 0 Å². The normalized spacial score (nSPS) is 20.9. The van der Waals surface area contributed by atoms with Crippen molar-refractivity contribution in [2.45, 2.75) is 25.9 Å². The van der Waals surface area contributed by atoms with E-state index in [4.69, 9.17) is 0 Å². The average Bonchev–Trinajstić information content (AvgIpc) is 2.57. The molecule has 0 aliphatic heterocycles. The molecule has 0 saturated carbocycles. The van der Waals surface area contributed by atoms with Crippen LogP contribution in [-0.4, -0.2) is 24.3 Å². The second kappa shape index (κ2) is 5.51. The summed E-state index contributed by atoms with van der Waals surface area (Å²) in [5.74, 6) is 0. The lowest BCUT2D eigenvalue weighted by atomic mass is 10.1. The Morgan fingerprint density at radius 3 is 2.69 bits per heavy atom. The van der Waals surface area contributed by atoms with E-state index in [0.717, 1.165) is 11.1 Å². The van der Waals surface area contributed by atoms with Gasteiger partial charge in [0.25, 0.3) is 0 Å². The maximum Gasteiger partial charge on any atom is 0.318 e. The highest BCUT2D eigenvalue weighted by molar-refractivity contribution is 5.76. The molecule has 0 aromatic heterocycles. The standard InChI is InChI=1S/C12H18N2O2/c1-4-5-11(14-12(16)13-3)10-7-9(15)6-8(10)2/h4-5,9,15H,1,6-7H2,2-3H3,(H2,13,14,16)/b11-5+. The third-order valence-corrected chi connectivity index (χ3v) is 2.58. The fourth-order valence-electron chi connectivity index (χ4n) is 1.82. The number of rotatable bonds is 3. The first-order valence-corrected chi connectivity index (χ1v) is 5.27. The van der Waals surface area contributed by atoms with Gasteiger partial charge in [0.15, 0.2) is 0 Å². The Morgan fingerprint density at radius 2 is 2.25 bits per heavy atom. The van der Waals surface area contributed by atoms with Crippen LogP contribution < -0.4 is 10.6 Å². The number of amides is 2. The smallest absolute Gasteiger partial charge is 0.318 e. The van der Waals surface area contributed by atoms with E-state index in [0.29, 0.717) is 18.5 Å². The SMILES string of the molecule is C=C/C=C(/NC(=O)NC)C1=C(C)CC(O)C1. The molecule has 1 aliphatic rings. The topological polar surface area (TPSA) is 61.4 Å². The van der Waals surface area contributed by atoms with Crippen molar-refractivity contribution in [1.82, 2.24) is 10.6 Å². The first-order valence-electron chi connectivity index (χ1n) is 5.27. The van der Waals surface area contributed by atoms with Gasteiger partial charge in [-0.25, -0.2) is 4.79 Å². The molecule has 4 heteroatoms. The molecule has 0 fully saturated rings. The minimum atomic E-state index is -0.338. The third-order valence-electron chi connectivity index (χ3n) is 2.58. The molecule has 1 aliphatic carbocycles. The summed E-state index contributed by atoms with van der Waals surface area (Å²) < 4.78 is 0. The maximum atomic E-state index is 11.3. The lowest BCUT2D eigenvalue weighted by Gasteiger charge is -2.11. The number of hydrogen-bond donors (Lipinski definition) is 3. The van der Waals surface area contributed by atoms with Crippen LogP contribution in [0.2, 0.25) is 0 Å². The molecule has 3 N–H and O–H groups in total. The van der Waals surface area contributed by atoms with Crippen molar-refractivity contribution in [1.29, 1.82) is 0 Å². The molecular weight excluding hydrogens is 204 g/mol. The van der Waals surface area contributed by atoms with Gasteiger partial charge in [0.1, 0.15) is 0 Å². The highest BCUT2D eigenvalue weighted by Gasteiger charge is 2.22. The Morgan fingerprint density at radius 1 is 1.56 bits per heavy atom. The zero-order valence-corrected chi connectivity index (χ0v) is 9.71. The molecule has 0 radical (unpaired) electrons. The van der Waals surface area contributed by atoms with Crippen LogP contribution in [0.15, 0.2) is 35.6 Å². The Kier molecular flexibility index (Phi) is 4.31. The van der Waals surface area contributed by atoms with Gasteiger partial charge < -0.3 is 15.7 Å². The van der Waals surface area contributed by atoms with E-state index < -0.39 is 0 Å². The Hall–Kier alpha value is -1.55. The van der Waals surface area contributed by atoms with Crippen molar-refractivity contribution in [3.05, 3.63) is 35.6 Å². The Bertz CT molecular complexity index is 356. The number of aliphatic hydroxyl groups is 1. The van der Waals surface area contributed by atoms with Crippen LogP contribution in [0.25, 0.3) is 0 Å². The fourth-order valence-corrected chi connectivity index (χ4v) is 1.82. The number of nitrogens with one attached hydrogen (secondary N) is 2. The maximum absolute atomic E-state index is 11.3. The summed E-state index contributed by atoms with van der Waals surface area (Å²) in [6.07, 6.45) is 4.27. The quantitative estimate of drug-likeness (QED) is 0.633. The number of aliphatic hydroxyl groups excluding tert-OH is 1. The van der Waals surface area contributed by atoms with E-state index in [1.807, 2.05) is 6.92 Å². The lowest BCUT2D eigenvalue weighted by molar-refractivity contribution is 0.186. The zero-order chi connectivity index (χ0) is 12.1. The van der Waals surface area contributed by atoms with Crippen LogP contribution in [-0.2, 0) is 0 Å². The molecule has 0 heterocycles. The van der Waals surface area contributed by atoms with E-state index in [1.165, 1.54) is 0 Å². The van der Waals surface area contributed by atoms with Crippen molar-refractivity contribution >= 4 is 6.03 Å². The van der Waals surface area contributed by atoms with Gasteiger partial charge in [0, 0.05) is 19.2 Å². The highest BCUT2D eigenvalue weighted by Crippen LogP contribution is 2.30. The van der Waals surface area contributed by atoms with Crippen LogP contribution >= 0.6 is 0 Å². The first kappa shape index (κ1) is 12.5. The molecule has 88 valence electrons. The summed E-state index contributed by atoms with van der Waals surface area (Å²) in [5, 5.41) is 14.8. The van der Waals surface area contributed by atoms with Gasteiger partial charge in [-0.05, 0) is 25.0 Å². The lowest BCUT2D eigenvalue weighted by Crippen LogP contribution is -2.32. The van der Waals surface area contributed by atoms with Gasteiger partial charge in [-0.3, -0.25) is 0 Å². The van der Waals surface area contributed by atoms with Crippen molar-refractivity contribution < 1.29 is 9.90 Å². The van der Waals surface area contributed by atoms with E-state index in [-0.39, 0.29) is 12.1 Å². The van der Waals surface area contributed by atoms with Crippen molar-refractivity contribution in [3.8, 4) is 0 Å². The second-order valence-electron chi connectivity index (χ2n) is 3.84. The van der Waals surface area contributed by atoms with Gasteiger partial charge in [-0.15, -0.1) is 0 Å². The summed E-state index contributed by atoms with van der Waals surface area (Å²) in [6.45, 7) is 5.58. The van der Waals surface area contributed by atoms with E-state index in [1.54, 1.807) is 19.2 Å². The number of urea groups is 1. The van der Waals surface area contributed by atoms with Crippen LogP contribution in [0, 0.1) is 0 Å². The first-order chi connectivity index (χ1) is 7.58. The minimum absolute atomic E-state index is 0.269.